The number of hydrogen-bond donors (Lipinski definition) is 2. The van der Waals surface area contributed by atoms with E-state index in [9.17, 15) is 13.2 Å². The number of hydrogen-bond acceptors (Lipinski definition) is 6. The van der Waals surface area contributed by atoms with Crippen LogP contribution >= 0.6 is 0 Å². The number of carbonyl (C=O) groups excluding carboxylic acids is 1. The minimum atomic E-state index is -3.76. The Hall–Kier alpha value is -2.62. The molecule has 1 heterocycles. The lowest BCUT2D eigenvalue weighted by Gasteiger charge is -2.30. The highest BCUT2D eigenvalue weighted by Crippen LogP contribution is 2.27. The van der Waals surface area contributed by atoms with Crippen LogP contribution in [-0.4, -0.2) is 65.2 Å². The Morgan fingerprint density at radius 1 is 1.16 bits per heavy atom. The Morgan fingerprint density at radius 3 is 2.56 bits per heavy atom. The molecule has 0 saturated carbocycles. The van der Waals surface area contributed by atoms with Crippen molar-refractivity contribution in [1.29, 1.82) is 0 Å². The van der Waals surface area contributed by atoms with E-state index in [0.29, 0.717) is 30.2 Å². The molecule has 0 spiro atoms. The van der Waals surface area contributed by atoms with Crippen molar-refractivity contribution in [2.75, 3.05) is 38.6 Å². The van der Waals surface area contributed by atoms with Gasteiger partial charge in [-0.1, -0.05) is 25.1 Å². The number of fused-ring (bicyclic) bond motifs is 1. The fourth-order valence-corrected chi connectivity index (χ4v) is 4.60. The number of amides is 1. The summed E-state index contributed by atoms with van der Waals surface area (Å²) >= 11 is 0. The van der Waals surface area contributed by atoms with Crippen LogP contribution in [0.2, 0.25) is 0 Å². The molecule has 2 N–H and O–H groups in total. The van der Waals surface area contributed by atoms with E-state index in [2.05, 4.69) is 17.0 Å². The van der Waals surface area contributed by atoms with E-state index in [-0.39, 0.29) is 28.9 Å². The molecule has 8 nitrogen and oxygen atoms in total. The van der Waals surface area contributed by atoms with Gasteiger partial charge in [0, 0.05) is 39.4 Å². The third kappa shape index (κ3) is 5.79. The zero-order valence-electron chi connectivity index (χ0n) is 18.9. The van der Waals surface area contributed by atoms with Gasteiger partial charge in [0.1, 0.15) is 12.4 Å². The lowest BCUT2D eigenvalue weighted by atomic mass is 10.0. The summed E-state index contributed by atoms with van der Waals surface area (Å²) in [5, 5.41) is 3.43. The summed E-state index contributed by atoms with van der Waals surface area (Å²) in [6.07, 6.45) is -0.121. The van der Waals surface area contributed by atoms with Crippen molar-refractivity contribution in [3.05, 3.63) is 54.1 Å². The van der Waals surface area contributed by atoms with Gasteiger partial charge in [0.05, 0.1) is 22.3 Å². The predicted molar refractivity (Wildman–Crippen MR) is 124 cm³/mol. The molecule has 0 saturated heterocycles. The second-order valence-electron chi connectivity index (χ2n) is 8.19. The largest absolute Gasteiger partial charge is 0.491 e. The first-order valence-electron chi connectivity index (χ1n) is 10.6. The van der Waals surface area contributed by atoms with E-state index >= 15 is 0 Å². The first kappa shape index (κ1) is 24.0. The molecule has 0 bridgehead atoms. The Bertz CT molecular complexity index is 1030. The van der Waals surface area contributed by atoms with E-state index in [0.717, 1.165) is 6.54 Å². The highest BCUT2D eigenvalue weighted by molar-refractivity contribution is 7.92. The summed E-state index contributed by atoms with van der Waals surface area (Å²) in [5.41, 5.74) is 0.685. The molecule has 0 unspecified atom stereocenters. The number of nitrogens with one attached hydrogen (secondary N) is 2. The molecule has 32 heavy (non-hydrogen) atoms. The Balaban J connectivity index is 1.91. The van der Waals surface area contributed by atoms with Crippen LogP contribution in [0.1, 0.15) is 24.2 Å². The Kier molecular flexibility index (Phi) is 7.76. The molecule has 0 aromatic heterocycles. The van der Waals surface area contributed by atoms with E-state index in [1.54, 1.807) is 55.5 Å². The third-order valence-corrected chi connectivity index (χ3v) is 6.93. The molecule has 9 heteroatoms. The standard InChI is InChI=1S/C23H31N3O5S/c1-16-13-24-17(2)15-31-21-12-18(25-32(28,29)19-8-6-5-7-9-19)10-11-20(21)23(27)26(3)14-22(16)30-4/h5-12,16-17,22,24-25H,13-15H2,1-4H3/t16-,17+,22+/m1/s1. The van der Waals surface area contributed by atoms with Crippen molar-refractivity contribution in [2.45, 2.75) is 30.9 Å². The molecular formula is C23H31N3O5S. The van der Waals surface area contributed by atoms with Crippen molar-refractivity contribution in [3.8, 4) is 5.75 Å². The number of carbonyl (C=O) groups is 1. The van der Waals surface area contributed by atoms with Gasteiger partial charge >= 0.3 is 0 Å². The SMILES string of the molecule is CO[C@H]1CN(C)C(=O)c2ccc(NS(=O)(=O)c3ccccc3)cc2OC[C@H](C)NC[C@H]1C. The summed E-state index contributed by atoms with van der Waals surface area (Å²) in [5.74, 6) is 0.311. The predicted octanol–water partition coefficient (Wildman–Crippen LogP) is 2.58. The summed E-state index contributed by atoms with van der Waals surface area (Å²) in [7, 11) is -0.391. The third-order valence-electron chi connectivity index (χ3n) is 5.53. The van der Waals surface area contributed by atoms with Crippen LogP contribution in [-0.2, 0) is 14.8 Å². The second kappa shape index (κ2) is 10.3. The highest BCUT2D eigenvalue weighted by atomic mass is 32.2. The fraction of sp³-hybridized carbons (Fsp3) is 0.435. The monoisotopic (exact) mass is 461 g/mol. The molecular weight excluding hydrogens is 430 g/mol. The van der Waals surface area contributed by atoms with Crippen molar-refractivity contribution in [1.82, 2.24) is 10.2 Å². The molecule has 3 rings (SSSR count). The summed E-state index contributed by atoms with van der Waals surface area (Å²) in [6.45, 7) is 5.54. The first-order valence-corrected chi connectivity index (χ1v) is 12.1. The molecule has 2 aromatic carbocycles. The Labute approximate surface area is 190 Å². The molecule has 2 aromatic rings. The van der Waals surface area contributed by atoms with Crippen LogP contribution in [0.5, 0.6) is 5.75 Å². The molecule has 1 aliphatic rings. The van der Waals surface area contributed by atoms with Gasteiger partial charge in [-0.05, 0) is 37.1 Å². The maximum atomic E-state index is 13.2. The highest BCUT2D eigenvalue weighted by Gasteiger charge is 2.26. The molecule has 0 radical (unpaired) electrons. The fourth-order valence-electron chi connectivity index (χ4n) is 3.53. The van der Waals surface area contributed by atoms with E-state index in [1.165, 1.54) is 12.1 Å². The van der Waals surface area contributed by atoms with Gasteiger partial charge in [0.25, 0.3) is 15.9 Å². The van der Waals surface area contributed by atoms with Crippen LogP contribution in [0, 0.1) is 5.92 Å². The average Bonchev–Trinajstić information content (AvgIpc) is 2.78. The minimum absolute atomic E-state index is 0.0275. The van der Waals surface area contributed by atoms with E-state index < -0.39 is 10.0 Å². The van der Waals surface area contributed by atoms with Crippen molar-refractivity contribution in [3.63, 3.8) is 0 Å². The maximum Gasteiger partial charge on any atom is 0.261 e. The van der Waals surface area contributed by atoms with Gasteiger partial charge in [-0.25, -0.2) is 8.42 Å². The maximum absolute atomic E-state index is 13.2. The topological polar surface area (TPSA) is 97.0 Å². The number of benzene rings is 2. The quantitative estimate of drug-likeness (QED) is 0.727. The van der Waals surface area contributed by atoms with Gasteiger partial charge in [0.2, 0.25) is 0 Å². The number of methoxy groups -OCH3 is 1. The first-order chi connectivity index (χ1) is 15.2. The number of nitrogens with zero attached hydrogens (tertiary/aromatic N) is 1. The van der Waals surface area contributed by atoms with E-state index in [4.69, 9.17) is 9.47 Å². The molecule has 0 fully saturated rings. The van der Waals surface area contributed by atoms with Gasteiger partial charge < -0.3 is 19.7 Å². The second-order valence-corrected chi connectivity index (χ2v) is 9.87. The van der Waals surface area contributed by atoms with Crippen molar-refractivity contribution in [2.24, 2.45) is 5.92 Å². The van der Waals surface area contributed by atoms with Gasteiger partial charge in [-0.3, -0.25) is 9.52 Å². The van der Waals surface area contributed by atoms with Gasteiger partial charge in [-0.15, -0.1) is 0 Å². The molecule has 0 aliphatic carbocycles. The van der Waals surface area contributed by atoms with Crippen LogP contribution in [0.15, 0.2) is 53.4 Å². The number of rotatable bonds is 4. The Morgan fingerprint density at radius 2 is 1.88 bits per heavy atom. The number of sulfonamides is 1. The van der Waals surface area contributed by atoms with Crippen molar-refractivity contribution >= 4 is 21.6 Å². The average molecular weight is 462 g/mol. The number of anilines is 1. The number of likely N-dealkylation sites (N-methyl/N-ethyl adjacent to an activating group) is 1. The zero-order chi connectivity index (χ0) is 23.3. The normalized spacial score (nSPS) is 22.8. The van der Waals surface area contributed by atoms with E-state index in [1.807, 2.05) is 6.92 Å². The van der Waals surface area contributed by atoms with Crippen LogP contribution < -0.4 is 14.8 Å². The lowest BCUT2D eigenvalue weighted by Crippen LogP contribution is -2.44. The van der Waals surface area contributed by atoms with Gasteiger partial charge in [-0.2, -0.15) is 0 Å². The van der Waals surface area contributed by atoms with Crippen LogP contribution in [0.4, 0.5) is 5.69 Å². The van der Waals surface area contributed by atoms with Gasteiger partial charge in [0.15, 0.2) is 0 Å². The molecule has 3 atom stereocenters. The smallest absolute Gasteiger partial charge is 0.261 e. The lowest BCUT2D eigenvalue weighted by molar-refractivity contribution is 0.0281. The zero-order valence-corrected chi connectivity index (χ0v) is 19.7. The van der Waals surface area contributed by atoms with Crippen LogP contribution in [0.25, 0.3) is 0 Å². The molecule has 174 valence electrons. The molecule has 1 amide bonds. The number of ether oxygens (including phenoxy) is 2. The van der Waals surface area contributed by atoms with Crippen molar-refractivity contribution < 1.29 is 22.7 Å². The molecule has 1 aliphatic heterocycles. The minimum Gasteiger partial charge on any atom is -0.491 e. The summed E-state index contributed by atoms with van der Waals surface area (Å²) in [4.78, 5) is 14.9. The van der Waals surface area contributed by atoms with Crippen LogP contribution in [0.3, 0.4) is 0 Å². The summed E-state index contributed by atoms with van der Waals surface area (Å²) < 4.78 is 39.5. The summed E-state index contributed by atoms with van der Waals surface area (Å²) in [6, 6.07) is 12.8.